The van der Waals surface area contributed by atoms with Crippen LogP contribution in [0, 0.1) is 0 Å². The molecule has 1 aromatic carbocycles. The quantitative estimate of drug-likeness (QED) is 0.179. The van der Waals surface area contributed by atoms with Gasteiger partial charge in [0.05, 0.1) is 46.8 Å². The second-order valence-corrected chi connectivity index (χ2v) is 22.7. The summed E-state index contributed by atoms with van der Waals surface area (Å²) in [5.74, 6) is -0.293. The van der Waals surface area contributed by atoms with Crippen LogP contribution in [0.15, 0.2) is 30.0 Å². The number of aromatic nitrogens is 1. The summed E-state index contributed by atoms with van der Waals surface area (Å²) in [5.41, 5.74) is 1.03. The van der Waals surface area contributed by atoms with Gasteiger partial charge in [-0.1, -0.05) is 56.1 Å². The summed E-state index contributed by atoms with van der Waals surface area (Å²) in [7, 11) is -1.89. The van der Waals surface area contributed by atoms with Gasteiger partial charge in [-0.25, -0.2) is 14.6 Å². The number of rotatable bonds is 11. The van der Waals surface area contributed by atoms with Crippen LogP contribution in [0.5, 0.6) is 0 Å². The van der Waals surface area contributed by atoms with E-state index in [-0.39, 0.29) is 49.6 Å². The Bertz CT molecular complexity index is 1670. The van der Waals surface area contributed by atoms with E-state index in [4.69, 9.17) is 37.1 Å². The fourth-order valence-electron chi connectivity index (χ4n) is 6.19. The highest BCUT2D eigenvalue weighted by molar-refractivity contribution is 7.12. The van der Waals surface area contributed by atoms with E-state index in [9.17, 15) is 19.5 Å². The Morgan fingerprint density at radius 2 is 1.78 bits per heavy atom. The van der Waals surface area contributed by atoms with E-state index < -0.39 is 38.2 Å². The molecule has 1 unspecified atom stereocenters. The van der Waals surface area contributed by atoms with Crippen LogP contribution < -0.4 is 0 Å². The van der Waals surface area contributed by atoms with Gasteiger partial charge < -0.3 is 28.8 Å². The molecule has 3 heterocycles. The van der Waals surface area contributed by atoms with Gasteiger partial charge in [-0.2, -0.15) is 0 Å². The number of hydrogen-bond acceptors (Lipinski definition) is 8. The number of nitrogens with zero attached hydrogens (tertiary/aromatic N) is 4. The minimum absolute atomic E-state index is 0.0261. The van der Waals surface area contributed by atoms with Crippen LogP contribution in [0.3, 0.4) is 0 Å². The van der Waals surface area contributed by atoms with Crippen molar-refractivity contribution in [2.75, 3.05) is 26.3 Å². The van der Waals surface area contributed by atoms with Crippen LogP contribution in [0.25, 0.3) is 5.57 Å². The van der Waals surface area contributed by atoms with Crippen LogP contribution in [0.2, 0.25) is 28.2 Å². The molecule has 1 saturated carbocycles. The molecule has 5 rings (SSSR count). The molecule has 3 amide bonds. The van der Waals surface area contributed by atoms with Crippen LogP contribution >= 0.6 is 34.5 Å². The van der Waals surface area contributed by atoms with Crippen molar-refractivity contribution in [3.63, 3.8) is 0 Å². The summed E-state index contributed by atoms with van der Waals surface area (Å²) in [5, 5.41) is 12.1. The first-order valence-corrected chi connectivity index (χ1v) is 21.9. The number of hydrogen-bond donors (Lipinski definition) is 1. The molecule has 1 N–H and O–H groups in total. The van der Waals surface area contributed by atoms with Crippen molar-refractivity contribution in [1.29, 1.82) is 0 Å². The number of thiazole rings is 1. The molecular weight excluding hydrogens is 731 g/mol. The van der Waals surface area contributed by atoms with Crippen molar-refractivity contribution in [2.24, 2.45) is 0 Å². The zero-order chi connectivity index (χ0) is 37.5. The summed E-state index contributed by atoms with van der Waals surface area (Å²) in [6, 6.07) is 3.78. The standard InChI is InChI=1S/C36H50Cl2N4O7SSi/c1-35(2,3)49-34(46)40-19-24-16-25(28-17-39-29(50-28)21-47-14-15-48-51(7,8)36(4,5)6)30(27(20-40)42(24)33(44)45)32(43)41(23-12-13-23)18-22-10-9-11-26(37)31(22)38/h9-11,17,23-24,27H,12-16,18-21H2,1-8H3,(H,44,45)/t24?,27-/m1/s1. The molecule has 51 heavy (non-hydrogen) atoms. The number of piperazine rings is 1. The molecular formula is C36H50Cl2N4O7SSi. The molecule has 11 nitrogen and oxygen atoms in total. The fourth-order valence-corrected chi connectivity index (χ4v) is 8.52. The number of halogens is 2. The van der Waals surface area contributed by atoms with Gasteiger partial charge in [0, 0.05) is 37.4 Å². The zero-order valence-corrected chi connectivity index (χ0v) is 34.1. The molecule has 1 aliphatic carbocycles. The first-order chi connectivity index (χ1) is 23.8. The summed E-state index contributed by atoms with van der Waals surface area (Å²) in [6.45, 7) is 17.9. The van der Waals surface area contributed by atoms with Crippen molar-refractivity contribution in [3.05, 3.63) is 55.5 Å². The second kappa shape index (κ2) is 15.4. The fraction of sp³-hybridized carbons (Fsp3) is 0.611. The SMILES string of the molecule is CC(C)(C)OC(=O)N1CC2CC(c3cnc(COCCO[Si](C)(C)C(C)(C)C)s3)=C(C(=O)N(Cc3cccc(Cl)c3Cl)C3CC3)[C@@H](C1)N2C(=O)O. The molecule has 0 radical (unpaired) electrons. The molecule has 3 aliphatic rings. The molecule has 15 heteroatoms. The monoisotopic (exact) mass is 780 g/mol. The summed E-state index contributed by atoms with van der Waals surface area (Å²) in [4.78, 5) is 51.2. The number of carboxylic acid groups (broad SMARTS) is 1. The number of ether oxygens (including phenoxy) is 2. The molecule has 2 atom stereocenters. The highest BCUT2D eigenvalue weighted by Crippen LogP contribution is 2.43. The smallest absolute Gasteiger partial charge is 0.410 e. The first-order valence-electron chi connectivity index (χ1n) is 17.4. The van der Waals surface area contributed by atoms with Gasteiger partial charge in [-0.15, -0.1) is 11.3 Å². The van der Waals surface area contributed by atoms with E-state index in [1.807, 2.05) is 6.07 Å². The number of benzene rings is 1. The number of carbonyl (C=O) groups excluding carboxylic acids is 2. The Hall–Kier alpha value is -2.68. The molecule has 2 aromatic rings. The highest BCUT2D eigenvalue weighted by Gasteiger charge is 2.50. The third-order valence-corrected chi connectivity index (χ3v) is 16.4. The third kappa shape index (κ3) is 9.28. The Balaban J connectivity index is 1.47. The summed E-state index contributed by atoms with van der Waals surface area (Å²) in [6.07, 6.45) is 1.90. The van der Waals surface area contributed by atoms with Crippen molar-refractivity contribution in [2.45, 2.75) is 116 Å². The van der Waals surface area contributed by atoms with Crippen LogP contribution in [0.4, 0.5) is 9.59 Å². The lowest BCUT2D eigenvalue weighted by molar-refractivity contribution is -0.129. The predicted molar refractivity (Wildman–Crippen MR) is 202 cm³/mol. The average Bonchev–Trinajstić information content (AvgIpc) is 3.75. The van der Waals surface area contributed by atoms with Gasteiger partial charge in [0.2, 0.25) is 0 Å². The van der Waals surface area contributed by atoms with Gasteiger partial charge in [0.1, 0.15) is 10.6 Å². The van der Waals surface area contributed by atoms with E-state index in [1.165, 1.54) is 21.1 Å². The predicted octanol–water partition coefficient (Wildman–Crippen LogP) is 8.30. The lowest BCUT2D eigenvalue weighted by Gasteiger charge is -2.50. The van der Waals surface area contributed by atoms with Gasteiger partial charge in [0.15, 0.2) is 8.32 Å². The maximum Gasteiger partial charge on any atom is 0.410 e. The maximum absolute atomic E-state index is 14.9. The normalized spacial score (nSPS) is 19.7. The maximum atomic E-state index is 14.9. The highest BCUT2D eigenvalue weighted by atomic mass is 35.5. The number of amides is 3. The van der Waals surface area contributed by atoms with Crippen molar-refractivity contribution >= 4 is 66.5 Å². The molecule has 2 fully saturated rings. The Morgan fingerprint density at radius 3 is 2.41 bits per heavy atom. The number of carbonyl (C=O) groups is 3. The number of fused-ring (bicyclic) bond motifs is 2. The second-order valence-electron chi connectivity index (χ2n) is 16.0. The molecule has 1 aromatic heterocycles. The molecule has 280 valence electrons. The molecule has 2 bridgehead atoms. The largest absolute Gasteiger partial charge is 0.465 e. The van der Waals surface area contributed by atoms with Crippen molar-refractivity contribution < 1.29 is 33.4 Å². The van der Waals surface area contributed by atoms with Crippen LogP contribution in [0.1, 0.15) is 76.3 Å². The van der Waals surface area contributed by atoms with Crippen molar-refractivity contribution in [3.8, 4) is 0 Å². The molecule has 2 aliphatic heterocycles. The molecule has 1 saturated heterocycles. The van der Waals surface area contributed by atoms with Gasteiger partial charge in [-0.05, 0) is 75.4 Å². The van der Waals surface area contributed by atoms with Gasteiger partial charge in [-0.3, -0.25) is 9.69 Å². The van der Waals surface area contributed by atoms with Crippen LogP contribution in [-0.4, -0.2) is 101 Å². The Morgan fingerprint density at radius 1 is 1.08 bits per heavy atom. The van der Waals surface area contributed by atoms with E-state index >= 15 is 0 Å². The van der Waals surface area contributed by atoms with E-state index in [1.54, 1.807) is 44.0 Å². The third-order valence-electron chi connectivity index (χ3n) is 9.95. The van der Waals surface area contributed by atoms with Gasteiger partial charge >= 0.3 is 12.2 Å². The minimum Gasteiger partial charge on any atom is -0.465 e. The lowest BCUT2D eigenvalue weighted by Crippen LogP contribution is -2.65. The summed E-state index contributed by atoms with van der Waals surface area (Å²) < 4.78 is 17.9. The van der Waals surface area contributed by atoms with E-state index in [2.05, 4.69) is 38.8 Å². The zero-order valence-electron chi connectivity index (χ0n) is 30.8. The first kappa shape index (κ1) is 39.5. The van der Waals surface area contributed by atoms with Crippen molar-refractivity contribution in [1.82, 2.24) is 19.7 Å². The van der Waals surface area contributed by atoms with E-state index in [0.717, 1.165) is 28.3 Å². The summed E-state index contributed by atoms with van der Waals surface area (Å²) >= 11 is 14.4. The average molecular weight is 782 g/mol. The van der Waals surface area contributed by atoms with Crippen LogP contribution in [-0.2, 0) is 31.8 Å². The Labute approximate surface area is 316 Å². The lowest BCUT2D eigenvalue weighted by atomic mass is 9.83. The Kier molecular flexibility index (Phi) is 11.9. The molecule has 0 spiro atoms. The van der Waals surface area contributed by atoms with E-state index in [0.29, 0.717) is 34.4 Å². The topological polar surface area (TPSA) is 122 Å². The van der Waals surface area contributed by atoms with Gasteiger partial charge in [0.25, 0.3) is 5.91 Å². The minimum atomic E-state index is -1.89.